The first-order valence-electron chi connectivity index (χ1n) is 6.51. The molecule has 3 nitrogen and oxygen atoms in total. The average Bonchev–Trinajstić information content (AvgIpc) is 2.49. The molecule has 0 radical (unpaired) electrons. The van der Waals surface area contributed by atoms with Crippen LogP contribution < -0.4 is 10.5 Å². The van der Waals surface area contributed by atoms with Gasteiger partial charge < -0.3 is 15.6 Å². The molecule has 0 aromatic heterocycles. The van der Waals surface area contributed by atoms with Crippen molar-refractivity contribution in [3.63, 3.8) is 0 Å². The summed E-state index contributed by atoms with van der Waals surface area (Å²) in [5.41, 5.74) is 6.40. The maximum Gasteiger partial charge on any atom is 0.127 e. The average molecular weight is 292 g/mol. The summed E-state index contributed by atoms with van der Waals surface area (Å²) in [5.74, 6) is 1.46. The quantitative estimate of drug-likeness (QED) is 0.882. The number of halogens is 1. The summed E-state index contributed by atoms with van der Waals surface area (Å²) in [6, 6.07) is 14.5. The molecule has 106 valence electrons. The zero-order valence-electron chi connectivity index (χ0n) is 11.3. The van der Waals surface area contributed by atoms with E-state index >= 15 is 0 Å². The van der Waals surface area contributed by atoms with Crippen molar-refractivity contribution >= 4 is 11.6 Å². The van der Waals surface area contributed by atoms with Crippen LogP contribution >= 0.6 is 11.6 Å². The van der Waals surface area contributed by atoms with E-state index in [0.717, 1.165) is 11.3 Å². The number of rotatable bonds is 5. The third-order valence-electron chi connectivity index (χ3n) is 3.18. The molecule has 0 aliphatic rings. The van der Waals surface area contributed by atoms with Gasteiger partial charge in [0.15, 0.2) is 0 Å². The van der Waals surface area contributed by atoms with Crippen LogP contribution in [0.4, 0.5) is 0 Å². The molecule has 0 aliphatic heterocycles. The lowest BCUT2D eigenvalue weighted by Gasteiger charge is -2.17. The molecular weight excluding hydrogens is 274 g/mol. The van der Waals surface area contributed by atoms with E-state index in [9.17, 15) is 5.11 Å². The maximum absolute atomic E-state index is 10.1. The first kappa shape index (κ1) is 14.9. The second kappa shape index (κ2) is 6.75. The lowest BCUT2D eigenvalue weighted by molar-refractivity contribution is 0.121. The Balaban J connectivity index is 2.06. The zero-order valence-corrected chi connectivity index (χ0v) is 12.0. The first-order valence-corrected chi connectivity index (χ1v) is 6.89. The highest BCUT2D eigenvalue weighted by molar-refractivity contribution is 6.30. The summed E-state index contributed by atoms with van der Waals surface area (Å²) in [5, 5.41) is 10.7. The maximum atomic E-state index is 10.1. The Kier molecular flexibility index (Phi) is 5.01. The SMILES string of the molecule is CC(CN)C(O)c1ccc(Oc2ccc(Cl)cc2)cc1. The second-order valence-corrected chi connectivity index (χ2v) is 5.22. The predicted octanol–water partition coefficient (Wildman–Crippen LogP) is 3.76. The van der Waals surface area contributed by atoms with Crippen molar-refractivity contribution in [3.05, 3.63) is 59.1 Å². The fourth-order valence-electron chi connectivity index (χ4n) is 1.83. The van der Waals surface area contributed by atoms with Crippen LogP contribution in [0.3, 0.4) is 0 Å². The molecule has 0 bridgehead atoms. The summed E-state index contributed by atoms with van der Waals surface area (Å²) in [6.45, 7) is 2.37. The van der Waals surface area contributed by atoms with Crippen molar-refractivity contribution < 1.29 is 9.84 Å². The number of hydrogen-bond acceptors (Lipinski definition) is 3. The minimum Gasteiger partial charge on any atom is -0.457 e. The molecule has 20 heavy (non-hydrogen) atoms. The van der Waals surface area contributed by atoms with Crippen molar-refractivity contribution in [2.24, 2.45) is 11.7 Å². The number of ether oxygens (including phenoxy) is 1. The second-order valence-electron chi connectivity index (χ2n) is 4.78. The summed E-state index contributed by atoms with van der Waals surface area (Å²) in [4.78, 5) is 0. The van der Waals surface area contributed by atoms with Gasteiger partial charge in [-0.3, -0.25) is 0 Å². The lowest BCUT2D eigenvalue weighted by atomic mass is 9.98. The van der Waals surface area contributed by atoms with Gasteiger partial charge in [0, 0.05) is 5.02 Å². The van der Waals surface area contributed by atoms with E-state index in [-0.39, 0.29) is 5.92 Å². The van der Waals surface area contributed by atoms with E-state index in [0.29, 0.717) is 17.3 Å². The molecule has 2 aromatic rings. The van der Waals surface area contributed by atoms with Gasteiger partial charge in [-0.25, -0.2) is 0 Å². The van der Waals surface area contributed by atoms with Crippen LogP contribution in [0.5, 0.6) is 11.5 Å². The standard InChI is InChI=1S/C16H18ClNO2/c1-11(10-18)16(19)12-2-6-14(7-3-12)20-15-8-4-13(17)5-9-15/h2-9,11,16,19H,10,18H2,1H3. The van der Waals surface area contributed by atoms with Gasteiger partial charge in [-0.2, -0.15) is 0 Å². The molecular formula is C16H18ClNO2. The molecule has 0 spiro atoms. The topological polar surface area (TPSA) is 55.5 Å². The molecule has 0 amide bonds. The Morgan fingerprint density at radius 3 is 2.05 bits per heavy atom. The summed E-state index contributed by atoms with van der Waals surface area (Å²) in [7, 11) is 0. The van der Waals surface area contributed by atoms with E-state index in [2.05, 4.69) is 0 Å². The Morgan fingerprint density at radius 1 is 1.05 bits per heavy atom. The zero-order chi connectivity index (χ0) is 14.5. The van der Waals surface area contributed by atoms with Crippen molar-refractivity contribution in [1.29, 1.82) is 0 Å². The number of nitrogens with two attached hydrogens (primary N) is 1. The van der Waals surface area contributed by atoms with Crippen molar-refractivity contribution in [2.75, 3.05) is 6.54 Å². The normalized spacial score (nSPS) is 13.8. The fraction of sp³-hybridized carbons (Fsp3) is 0.250. The first-order chi connectivity index (χ1) is 9.60. The Labute approximate surface area is 123 Å². The number of aliphatic hydroxyl groups excluding tert-OH is 1. The largest absolute Gasteiger partial charge is 0.457 e. The highest BCUT2D eigenvalue weighted by Crippen LogP contribution is 2.26. The van der Waals surface area contributed by atoms with E-state index < -0.39 is 6.10 Å². The summed E-state index contributed by atoms with van der Waals surface area (Å²) < 4.78 is 5.69. The van der Waals surface area contributed by atoms with Gasteiger partial charge in [0.2, 0.25) is 0 Å². The molecule has 2 atom stereocenters. The van der Waals surface area contributed by atoms with Gasteiger partial charge in [0.05, 0.1) is 6.10 Å². The number of aliphatic hydroxyl groups is 1. The fourth-order valence-corrected chi connectivity index (χ4v) is 1.96. The van der Waals surface area contributed by atoms with E-state index in [4.69, 9.17) is 22.1 Å². The molecule has 0 aliphatic carbocycles. The van der Waals surface area contributed by atoms with Crippen LogP contribution in [-0.4, -0.2) is 11.7 Å². The summed E-state index contributed by atoms with van der Waals surface area (Å²) in [6.07, 6.45) is -0.551. The van der Waals surface area contributed by atoms with Crippen molar-refractivity contribution in [2.45, 2.75) is 13.0 Å². The predicted molar refractivity (Wildman–Crippen MR) is 81.1 cm³/mol. The van der Waals surface area contributed by atoms with Crippen LogP contribution in [0.2, 0.25) is 5.02 Å². The van der Waals surface area contributed by atoms with Gasteiger partial charge in [0.25, 0.3) is 0 Å². The summed E-state index contributed by atoms with van der Waals surface area (Å²) >= 11 is 5.82. The number of benzene rings is 2. The number of hydrogen-bond donors (Lipinski definition) is 2. The Bertz CT molecular complexity index is 539. The van der Waals surface area contributed by atoms with Gasteiger partial charge in [-0.05, 0) is 54.4 Å². The van der Waals surface area contributed by atoms with Gasteiger partial charge in [-0.1, -0.05) is 30.7 Å². The third kappa shape index (κ3) is 3.73. The lowest BCUT2D eigenvalue weighted by Crippen LogP contribution is -2.18. The Hall–Kier alpha value is -1.55. The monoisotopic (exact) mass is 291 g/mol. The van der Waals surface area contributed by atoms with Gasteiger partial charge in [0.1, 0.15) is 11.5 Å². The van der Waals surface area contributed by atoms with Crippen LogP contribution in [0, 0.1) is 5.92 Å². The van der Waals surface area contributed by atoms with Gasteiger partial charge >= 0.3 is 0 Å². The van der Waals surface area contributed by atoms with Gasteiger partial charge in [-0.15, -0.1) is 0 Å². The van der Waals surface area contributed by atoms with Crippen LogP contribution in [0.15, 0.2) is 48.5 Å². The molecule has 3 N–H and O–H groups in total. The molecule has 0 saturated carbocycles. The minimum absolute atomic E-state index is 0.0260. The smallest absolute Gasteiger partial charge is 0.127 e. The molecule has 2 aromatic carbocycles. The van der Waals surface area contributed by atoms with Crippen LogP contribution in [0.25, 0.3) is 0 Å². The highest BCUT2D eigenvalue weighted by Gasteiger charge is 2.14. The third-order valence-corrected chi connectivity index (χ3v) is 3.43. The molecule has 4 heteroatoms. The van der Waals surface area contributed by atoms with E-state index in [1.165, 1.54) is 0 Å². The molecule has 0 fully saturated rings. The minimum atomic E-state index is -0.551. The van der Waals surface area contributed by atoms with E-state index in [1.54, 1.807) is 12.1 Å². The molecule has 2 unspecified atom stereocenters. The molecule has 2 rings (SSSR count). The Morgan fingerprint density at radius 2 is 1.55 bits per heavy atom. The van der Waals surface area contributed by atoms with Crippen LogP contribution in [0.1, 0.15) is 18.6 Å². The van der Waals surface area contributed by atoms with Crippen LogP contribution in [-0.2, 0) is 0 Å². The molecule has 0 heterocycles. The molecule has 0 saturated heterocycles. The van der Waals surface area contributed by atoms with E-state index in [1.807, 2.05) is 43.3 Å². The van der Waals surface area contributed by atoms with Crippen molar-refractivity contribution in [3.8, 4) is 11.5 Å². The highest BCUT2D eigenvalue weighted by atomic mass is 35.5. The van der Waals surface area contributed by atoms with Crippen molar-refractivity contribution in [1.82, 2.24) is 0 Å².